The van der Waals surface area contributed by atoms with Gasteiger partial charge in [-0.3, -0.25) is 0 Å². The lowest BCUT2D eigenvalue weighted by atomic mass is 10.1. The van der Waals surface area contributed by atoms with Gasteiger partial charge in [0.2, 0.25) is 0 Å². The Kier molecular flexibility index (Phi) is 4.82. The lowest BCUT2D eigenvalue weighted by Gasteiger charge is -2.12. The molecule has 0 radical (unpaired) electrons. The predicted octanol–water partition coefficient (Wildman–Crippen LogP) is 4.38. The van der Waals surface area contributed by atoms with Gasteiger partial charge in [0.15, 0.2) is 11.5 Å². The van der Waals surface area contributed by atoms with Gasteiger partial charge in [0.05, 0.1) is 19.8 Å². The molecule has 1 heterocycles. The second-order valence-electron chi connectivity index (χ2n) is 5.29. The Morgan fingerprint density at radius 2 is 1.68 bits per heavy atom. The van der Waals surface area contributed by atoms with E-state index >= 15 is 0 Å². The molecule has 124 valence electrons. The Balaban J connectivity index is 1.92. The largest absolute Gasteiger partial charge is 0.493 e. The highest BCUT2D eigenvalue weighted by molar-refractivity contribution is 5.71. The van der Waals surface area contributed by atoms with Gasteiger partial charge in [-0.1, -0.05) is 30.3 Å². The number of benzene rings is 2. The number of nitrogens with zero attached hydrogens (tertiary/aromatic N) is 2. The minimum atomic E-state index is 0.469. The van der Waals surface area contributed by atoms with Crippen molar-refractivity contribution in [3.05, 3.63) is 66.4 Å². The van der Waals surface area contributed by atoms with E-state index in [0.717, 1.165) is 16.8 Å². The molecule has 5 heteroatoms. The zero-order chi connectivity index (χ0) is 17.6. The molecular weight excluding hydrogens is 314 g/mol. The molecule has 0 atom stereocenters. The van der Waals surface area contributed by atoms with E-state index in [4.69, 9.17) is 9.47 Å². The third-order valence-electron chi connectivity index (χ3n) is 3.76. The third kappa shape index (κ3) is 3.54. The third-order valence-corrected chi connectivity index (χ3v) is 3.76. The van der Waals surface area contributed by atoms with Crippen molar-refractivity contribution in [2.45, 2.75) is 0 Å². The number of aromatic nitrogens is 1. The molecule has 0 fully saturated rings. The van der Waals surface area contributed by atoms with Crippen LogP contribution in [0, 0.1) is 11.3 Å². The van der Waals surface area contributed by atoms with Crippen LogP contribution in [-0.2, 0) is 0 Å². The van der Waals surface area contributed by atoms with Gasteiger partial charge in [0.1, 0.15) is 11.9 Å². The van der Waals surface area contributed by atoms with Crippen LogP contribution in [0.3, 0.4) is 0 Å². The molecule has 0 saturated carbocycles. The van der Waals surface area contributed by atoms with Crippen LogP contribution in [0.2, 0.25) is 0 Å². The van der Waals surface area contributed by atoms with Crippen molar-refractivity contribution in [2.24, 2.45) is 0 Å². The van der Waals surface area contributed by atoms with Crippen LogP contribution >= 0.6 is 0 Å². The van der Waals surface area contributed by atoms with Crippen LogP contribution in [0.15, 0.2) is 60.8 Å². The van der Waals surface area contributed by atoms with Crippen LogP contribution in [-0.4, -0.2) is 19.2 Å². The van der Waals surface area contributed by atoms with E-state index in [1.54, 1.807) is 32.5 Å². The molecule has 0 saturated heterocycles. The van der Waals surface area contributed by atoms with Crippen LogP contribution < -0.4 is 14.8 Å². The highest BCUT2D eigenvalue weighted by Crippen LogP contribution is 2.32. The molecule has 3 aromatic rings. The van der Waals surface area contributed by atoms with Crippen LogP contribution in [0.25, 0.3) is 11.1 Å². The highest BCUT2D eigenvalue weighted by atomic mass is 16.5. The average molecular weight is 331 g/mol. The predicted molar refractivity (Wildman–Crippen MR) is 97.2 cm³/mol. The zero-order valence-corrected chi connectivity index (χ0v) is 14.0. The van der Waals surface area contributed by atoms with Crippen molar-refractivity contribution < 1.29 is 9.47 Å². The number of nitrogens with one attached hydrogen (secondary N) is 1. The molecule has 5 nitrogen and oxygen atoms in total. The molecule has 0 bridgehead atoms. The molecule has 0 amide bonds. The molecule has 0 aliphatic rings. The molecule has 0 aliphatic heterocycles. The summed E-state index contributed by atoms with van der Waals surface area (Å²) in [5.41, 5.74) is 3.14. The molecule has 2 aromatic carbocycles. The maximum Gasteiger partial charge on any atom is 0.162 e. The van der Waals surface area contributed by atoms with Crippen molar-refractivity contribution in [1.82, 2.24) is 4.98 Å². The number of rotatable bonds is 5. The number of hydrogen-bond acceptors (Lipinski definition) is 5. The van der Waals surface area contributed by atoms with E-state index in [1.165, 1.54) is 0 Å². The Bertz CT molecular complexity index is 918. The second kappa shape index (κ2) is 7.37. The first kappa shape index (κ1) is 16.3. The minimum Gasteiger partial charge on any atom is -0.493 e. The number of ether oxygens (including phenoxy) is 2. The summed E-state index contributed by atoms with van der Waals surface area (Å²) in [4.78, 5) is 4.41. The minimum absolute atomic E-state index is 0.469. The highest BCUT2D eigenvalue weighted by Gasteiger charge is 2.09. The van der Waals surface area contributed by atoms with Crippen molar-refractivity contribution in [1.29, 1.82) is 5.26 Å². The molecule has 0 spiro atoms. The number of methoxy groups -OCH3 is 2. The average Bonchev–Trinajstić information content (AvgIpc) is 2.68. The van der Waals surface area contributed by atoms with Gasteiger partial charge in [-0.25, -0.2) is 4.98 Å². The van der Waals surface area contributed by atoms with Crippen molar-refractivity contribution >= 4 is 11.5 Å². The van der Waals surface area contributed by atoms with E-state index in [0.29, 0.717) is 22.9 Å². The van der Waals surface area contributed by atoms with E-state index < -0.39 is 0 Å². The van der Waals surface area contributed by atoms with Crippen LogP contribution in [0.1, 0.15) is 5.56 Å². The fourth-order valence-electron chi connectivity index (χ4n) is 2.49. The number of nitriles is 1. The Labute approximate surface area is 146 Å². The standard InChI is InChI=1S/C20H17N3O2/c1-24-18-9-8-17(11-19(18)25-2)23-20-15(12-21)10-16(13-22-20)14-6-4-3-5-7-14/h3-11,13H,1-2H3,(H,22,23). The quantitative estimate of drug-likeness (QED) is 0.751. The monoisotopic (exact) mass is 331 g/mol. The smallest absolute Gasteiger partial charge is 0.162 e. The van der Waals surface area contributed by atoms with E-state index in [-0.39, 0.29) is 0 Å². The fourth-order valence-corrected chi connectivity index (χ4v) is 2.49. The number of pyridine rings is 1. The molecule has 0 aliphatic carbocycles. The summed E-state index contributed by atoms with van der Waals surface area (Å²) < 4.78 is 10.5. The van der Waals surface area contributed by atoms with E-state index in [1.807, 2.05) is 42.5 Å². The van der Waals surface area contributed by atoms with E-state index in [2.05, 4.69) is 16.4 Å². The Morgan fingerprint density at radius 3 is 2.36 bits per heavy atom. The maximum absolute atomic E-state index is 9.48. The Morgan fingerprint density at radius 1 is 0.920 bits per heavy atom. The SMILES string of the molecule is COc1ccc(Nc2ncc(-c3ccccc3)cc2C#N)cc1OC. The topological polar surface area (TPSA) is 67.2 Å². The number of anilines is 2. The molecule has 0 unspecified atom stereocenters. The summed E-state index contributed by atoms with van der Waals surface area (Å²) in [6, 6.07) is 19.3. The van der Waals surface area contributed by atoms with E-state index in [9.17, 15) is 5.26 Å². The summed E-state index contributed by atoms with van der Waals surface area (Å²) in [6.07, 6.45) is 1.75. The number of hydrogen-bond donors (Lipinski definition) is 1. The molecular formula is C20H17N3O2. The van der Waals surface area contributed by atoms with Crippen LogP contribution in [0.5, 0.6) is 11.5 Å². The molecule has 1 N–H and O–H groups in total. The summed E-state index contributed by atoms with van der Waals surface area (Å²) >= 11 is 0. The zero-order valence-electron chi connectivity index (χ0n) is 14.0. The van der Waals surface area contributed by atoms with Crippen molar-refractivity contribution in [3.8, 4) is 28.7 Å². The van der Waals surface area contributed by atoms with Gasteiger partial charge >= 0.3 is 0 Å². The first-order chi connectivity index (χ1) is 12.2. The fraction of sp³-hybridized carbons (Fsp3) is 0.100. The lowest BCUT2D eigenvalue weighted by molar-refractivity contribution is 0.355. The van der Waals surface area contributed by atoms with Gasteiger partial charge in [-0.2, -0.15) is 5.26 Å². The van der Waals surface area contributed by atoms with Gasteiger partial charge in [0, 0.05) is 23.5 Å². The maximum atomic E-state index is 9.48. The van der Waals surface area contributed by atoms with Gasteiger partial charge in [0.25, 0.3) is 0 Å². The van der Waals surface area contributed by atoms with Gasteiger partial charge in [-0.15, -0.1) is 0 Å². The van der Waals surface area contributed by atoms with Crippen molar-refractivity contribution in [3.63, 3.8) is 0 Å². The summed E-state index contributed by atoms with van der Waals surface area (Å²) in [5, 5.41) is 12.6. The van der Waals surface area contributed by atoms with Crippen molar-refractivity contribution in [2.75, 3.05) is 19.5 Å². The van der Waals surface area contributed by atoms with Gasteiger partial charge in [-0.05, 0) is 23.8 Å². The first-order valence-electron chi connectivity index (χ1n) is 7.69. The summed E-state index contributed by atoms with van der Waals surface area (Å²) in [6.45, 7) is 0. The van der Waals surface area contributed by atoms with Crippen LogP contribution in [0.4, 0.5) is 11.5 Å². The summed E-state index contributed by atoms with van der Waals surface area (Å²) in [5.74, 6) is 1.74. The Hall–Kier alpha value is -3.52. The second-order valence-corrected chi connectivity index (χ2v) is 5.29. The molecule has 1 aromatic heterocycles. The normalized spacial score (nSPS) is 9.96. The molecule has 25 heavy (non-hydrogen) atoms. The van der Waals surface area contributed by atoms with Gasteiger partial charge < -0.3 is 14.8 Å². The lowest BCUT2D eigenvalue weighted by Crippen LogP contribution is -1.99. The summed E-state index contributed by atoms with van der Waals surface area (Å²) in [7, 11) is 3.16. The first-order valence-corrected chi connectivity index (χ1v) is 7.69. The molecule has 3 rings (SSSR count).